The highest BCUT2D eigenvalue weighted by Gasteiger charge is 2.20. The monoisotopic (exact) mass is 268 g/mol. The Morgan fingerprint density at radius 3 is 2.75 bits per heavy atom. The number of anilines is 2. The number of ether oxygens (including phenoxy) is 1. The van der Waals surface area contributed by atoms with Crippen molar-refractivity contribution in [1.82, 2.24) is 0 Å². The number of fused-ring (bicyclic) bond motifs is 1. The second kappa shape index (κ2) is 5.45. The molecule has 0 aromatic heterocycles. The molecule has 104 valence electrons. The van der Waals surface area contributed by atoms with E-state index in [2.05, 4.69) is 30.0 Å². The van der Waals surface area contributed by atoms with Crippen molar-refractivity contribution < 1.29 is 4.74 Å². The maximum absolute atomic E-state index is 6.08. The van der Waals surface area contributed by atoms with E-state index in [9.17, 15) is 0 Å². The first-order chi connectivity index (χ1) is 9.74. The minimum Gasteiger partial charge on any atom is -0.492 e. The number of nitrogen functional groups attached to an aromatic ring is 1. The van der Waals surface area contributed by atoms with Gasteiger partial charge in [-0.1, -0.05) is 29.8 Å². The Labute approximate surface area is 120 Å². The van der Waals surface area contributed by atoms with Gasteiger partial charge in [0.15, 0.2) is 0 Å². The lowest BCUT2D eigenvalue weighted by Gasteiger charge is -2.21. The fraction of sp³-hybridized carbons (Fsp3) is 0.294. The highest BCUT2D eigenvalue weighted by Crippen LogP contribution is 2.33. The molecule has 3 nitrogen and oxygen atoms in total. The van der Waals surface area contributed by atoms with E-state index in [0.717, 1.165) is 30.9 Å². The summed E-state index contributed by atoms with van der Waals surface area (Å²) in [6, 6.07) is 14.3. The molecule has 0 aliphatic carbocycles. The molecule has 0 radical (unpaired) electrons. The maximum Gasteiger partial charge on any atom is 0.119 e. The number of nitrogens with two attached hydrogens (primary N) is 1. The van der Waals surface area contributed by atoms with E-state index in [1.165, 1.54) is 16.8 Å². The zero-order chi connectivity index (χ0) is 13.9. The van der Waals surface area contributed by atoms with Gasteiger partial charge in [-0.05, 0) is 37.1 Å². The van der Waals surface area contributed by atoms with Crippen LogP contribution in [0.25, 0.3) is 0 Å². The summed E-state index contributed by atoms with van der Waals surface area (Å²) >= 11 is 0. The number of aryl methyl sites for hydroxylation is 1. The summed E-state index contributed by atoms with van der Waals surface area (Å²) in [6.45, 7) is 4.65. The largest absolute Gasteiger partial charge is 0.492 e. The molecule has 3 rings (SSSR count). The lowest BCUT2D eigenvalue weighted by Crippen LogP contribution is -2.26. The smallest absolute Gasteiger partial charge is 0.119 e. The van der Waals surface area contributed by atoms with Crippen LogP contribution in [-0.2, 0) is 6.42 Å². The summed E-state index contributed by atoms with van der Waals surface area (Å²) in [7, 11) is 0. The van der Waals surface area contributed by atoms with Crippen LogP contribution in [0, 0.1) is 6.92 Å². The fourth-order valence-electron chi connectivity index (χ4n) is 2.70. The van der Waals surface area contributed by atoms with Crippen LogP contribution in [0.4, 0.5) is 11.4 Å². The second-order valence-electron chi connectivity index (χ2n) is 5.25. The van der Waals surface area contributed by atoms with Crippen molar-refractivity contribution >= 4 is 11.4 Å². The molecule has 3 heteroatoms. The third-order valence-electron chi connectivity index (χ3n) is 3.77. The lowest BCUT2D eigenvalue weighted by molar-refractivity contribution is 0.324. The number of hydrogen-bond acceptors (Lipinski definition) is 3. The average molecular weight is 268 g/mol. The number of para-hydroxylation sites is 1. The molecule has 1 aliphatic rings. The van der Waals surface area contributed by atoms with E-state index in [4.69, 9.17) is 10.5 Å². The molecule has 0 saturated heterocycles. The second-order valence-corrected chi connectivity index (χ2v) is 5.25. The third-order valence-corrected chi connectivity index (χ3v) is 3.77. The van der Waals surface area contributed by atoms with Crippen LogP contribution < -0.4 is 15.4 Å². The molecular formula is C17H20N2O. The van der Waals surface area contributed by atoms with E-state index in [1.807, 2.05) is 24.3 Å². The van der Waals surface area contributed by atoms with E-state index < -0.39 is 0 Å². The van der Waals surface area contributed by atoms with Crippen LogP contribution in [0.1, 0.15) is 11.1 Å². The highest BCUT2D eigenvalue weighted by molar-refractivity contribution is 5.74. The van der Waals surface area contributed by atoms with Crippen molar-refractivity contribution in [3.05, 3.63) is 53.6 Å². The van der Waals surface area contributed by atoms with Gasteiger partial charge >= 0.3 is 0 Å². The fourth-order valence-corrected chi connectivity index (χ4v) is 2.70. The normalized spacial score (nSPS) is 13.3. The molecule has 20 heavy (non-hydrogen) atoms. The first-order valence-corrected chi connectivity index (χ1v) is 7.06. The van der Waals surface area contributed by atoms with Crippen LogP contribution >= 0.6 is 0 Å². The minimum atomic E-state index is 0.677. The summed E-state index contributed by atoms with van der Waals surface area (Å²) in [4.78, 5) is 2.32. The van der Waals surface area contributed by atoms with Crippen molar-refractivity contribution in [2.75, 3.05) is 30.3 Å². The first kappa shape index (κ1) is 12.9. The number of benzene rings is 2. The molecule has 0 amide bonds. The Morgan fingerprint density at radius 2 is 1.95 bits per heavy atom. The van der Waals surface area contributed by atoms with Crippen LogP contribution in [-0.4, -0.2) is 19.7 Å². The minimum absolute atomic E-state index is 0.677. The quantitative estimate of drug-likeness (QED) is 0.866. The third kappa shape index (κ3) is 2.57. The topological polar surface area (TPSA) is 38.5 Å². The van der Waals surface area contributed by atoms with E-state index in [0.29, 0.717) is 6.61 Å². The van der Waals surface area contributed by atoms with Crippen LogP contribution in [0.15, 0.2) is 42.5 Å². The Bertz CT molecular complexity index is 592. The van der Waals surface area contributed by atoms with Crippen LogP contribution in [0.2, 0.25) is 0 Å². The number of hydrogen-bond donors (Lipinski definition) is 1. The number of rotatable bonds is 4. The van der Waals surface area contributed by atoms with Crippen LogP contribution in [0.5, 0.6) is 5.75 Å². The molecule has 2 aromatic carbocycles. The SMILES string of the molecule is Cc1ccc(OCCN2CCc3cccc(N)c32)cc1. The molecule has 0 bridgehead atoms. The van der Waals surface area contributed by atoms with Gasteiger partial charge in [-0.3, -0.25) is 0 Å². The van der Waals surface area contributed by atoms with Crippen molar-refractivity contribution in [2.45, 2.75) is 13.3 Å². The van der Waals surface area contributed by atoms with Crippen molar-refractivity contribution in [2.24, 2.45) is 0 Å². The summed E-state index contributed by atoms with van der Waals surface area (Å²) in [5.74, 6) is 0.927. The number of nitrogens with zero attached hydrogens (tertiary/aromatic N) is 1. The summed E-state index contributed by atoms with van der Waals surface area (Å²) in [6.07, 6.45) is 1.07. The van der Waals surface area contributed by atoms with Gasteiger partial charge in [-0.15, -0.1) is 0 Å². The van der Waals surface area contributed by atoms with Crippen molar-refractivity contribution in [3.63, 3.8) is 0 Å². The van der Waals surface area contributed by atoms with Gasteiger partial charge in [0, 0.05) is 6.54 Å². The Kier molecular flexibility index (Phi) is 3.50. The van der Waals surface area contributed by atoms with Gasteiger partial charge in [-0.25, -0.2) is 0 Å². The van der Waals surface area contributed by atoms with Gasteiger partial charge in [0.2, 0.25) is 0 Å². The molecule has 1 heterocycles. The first-order valence-electron chi connectivity index (χ1n) is 7.06. The highest BCUT2D eigenvalue weighted by atomic mass is 16.5. The summed E-state index contributed by atoms with van der Waals surface area (Å²) in [5.41, 5.74) is 10.7. The molecule has 0 spiro atoms. The predicted molar refractivity (Wildman–Crippen MR) is 83.4 cm³/mol. The zero-order valence-electron chi connectivity index (χ0n) is 11.8. The van der Waals surface area contributed by atoms with Crippen molar-refractivity contribution in [3.8, 4) is 5.75 Å². The van der Waals surface area contributed by atoms with Crippen molar-refractivity contribution in [1.29, 1.82) is 0 Å². The van der Waals surface area contributed by atoms with Crippen LogP contribution in [0.3, 0.4) is 0 Å². The Balaban J connectivity index is 1.60. The van der Waals surface area contributed by atoms with E-state index in [-0.39, 0.29) is 0 Å². The van der Waals surface area contributed by atoms with E-state index >= 15 is 0 Å². The molecule has 1 aliphatic heterocycles. The van der Waals surface area contributed by atoms with Gasteiger partial charge in [-0.2, -0.15) is 0 Å². The molecule has 0 saturated carbocycles. The molecule has 2 N–H and O–H groups in total. The standard InChI is InChI=1S/C17H20N2O/c1-13-5-7-15(8-6-13)20-12-11-19-10-9-14-3-2-4-16(18)17(14)19/h2-8H,9-12,18H2,1H3. The Hall–Kier alpha value is -2.16. The van der Waals surface area contributed by atoms with Gasteiger partial charge in [0.05, 0.1) is 17.9 Å². The Morgan fingerprint density at radius 1 is 1.15 bits per heavy atom. The molecular weight excluding hydrogens is 248 g/mol. The average Bonchev–Trinajstić information content (AvgIpc) is 2.86. The zero-order valence-corrected chi connectivity index (χ0v) is 11.8. The van der Waals surface area contributed by atoms with E-state index in [1.54, 1.807) is 0 Å². The molecule has 0 fully saturated rings. The maximum atomic E-state index is 6.08. The van der Waals surface area contributed by atoms with Gasteiger partial charge < -0.3 is 15.4 Å². The lowest BCUT2D eigenvalue weighted by atomic mass is 10.1. The van der Waals surface area contributed by atoms with Gasteiger partial charge in [0.25, 0.3) is 0 Å². The molecule has 0 atom stereocenters. The molecule has 0 unspecified atom stereocenters. The van der Waals surface area contributed by atoms with Gasteiger partial charge in [0.1, 0.15) is 12.4 Å². The predicted octanol–water partition coefficient (Wildman–Crippen LogP) is 3.02. The molecule has 2 aromatic rings. The summed E-state index contributed by atoms with van der Waals surface area (Å²) < 4.78 is 5.80. The summed E-state index contributed by atoms with van der Waals surface area (Å²) in [5, 5.41) is 0.